The van der Waals surface area contributed by atoms with Gasteiger partial charge in [0.1, 0.15) is 11.5 Å². The Balaban J connectivity index is 2.24. The first kappa shape index (κ1) is 17.9. The van der Waals surface area contributed by atoms with Crippen molar-refractivity contribution in [2.24, 2.45) is 0 Å². The van der Waals surface area contributed by atoms with E-state index in [0.717, 1.165) is 0 Å². The molecule has 0 aliphatic rings. The molecule has 2 rings (SSSR count). The van der Waals surface area contributed by atoms with Gasteiger partial charge in [-0.25, -0.2) is 0 Å². The fourth-order valence-electron chi connectivity index (χ4n) is 1.83. The van der Waals surface area contributed by atoms with Gasteiger partial charge in [-0.05, 0) is 42.5 Å². The van der Waals surface area contributed by atoms with E-state index in [0.29, 0.717) is 16.5 Å². The van der Waals surface area contributed by atoms with Crippen LogP contribution in [0, 0.1) is 0 Å². The van der Waals surface area contributed by atoms with E-state index in [1.54, 1.807) is 24.3 Å². The fourth-order valence-corrected chi connectivity index (χ4v) is 1.96. The first-order valence-corrected chi connectivity index (χ1v) is 7.11. The van der Waals surface area contributed by atoms with Crippen LogP contribution in [0.2, 0.25) is 5.02 Å². The van der Waals surface area contributed by atoms with E-state index in [1.165, 1.54) is 25.3 Å². The average molecular weight is 360 g/mol. The molecule has 0 bridgehead atoms. The Morgan fingerprint density at radius 1 is 1.17 bits per heavy atom. The lowest BCUT2D eigenvalue weighted by Gasteiger charge is -2.14. The number of nitrogens with one attached hydrogen (secondary N) is 1. The third-order valence-corrected chi connectivity index (χ3v) is 3.18. The van der Waals surface area contributed by atoms with Crippen LogP contribution in [0.1, 0.15) is 10.4 Å². The Morgan fingerprint density at radius 2 is 1.83 bits per heavy atom. The minimum absolute atomic E-state index is 0.0754. The summed E-state index contributed by atoms with van der Waals surface area (Å²) in [6.45, 7) is -1.50. The number of benzene rings is 2. The summed E-state index contributed by atoms with van der Waals surface area (Å²) in [6, 6.07) is 10.2. The maximum absolute atomic E-state index is 12.4. The van der Waals surface area contributed by atoms with Crippen molar-refractivity contribution in [2.45, 2.75) is 6.18 Å². The lowest BCUT2D eigenvalue weighted by atomic mass is 10.1. The summed E-state index contributed by atoms with van der Waals surface area (Å²) in [4.78, 5) is 12.4. The van der Waals surface area contributed by atoms with E-state index < -0.39 is 18.7 Å². The van der Waals surface area contributed by atoms with Crippen LogP contribution in [-0.2, 0) is 0 Å². The molecule has 0 spiro atoms. The number of rotatable bonds is 5. The molecular weight excluding hydrogens is 347 g/mol. The summed E-state index contributed by atoms with van der Waals surface area (Å²) in [7, 11) is 1.38. The van der Waals surface area contributed by atoms with Crippen molar-refractivity contribution in [3.05, 3.63) is 53.1 Å². The summed E-state index contributed by atoms with van der Waals surface area (Å²) < 4.78 is 46.7. The van der Waals surface area contributed by atoms with Crippen LogP contribution in [0.4, 0.5) is 18.9 Å². The van der Waals surface area contributed by atoms with Crippen LogP contribution < -0.4 is 14.8 Å². The summed E-state index contributed by atoms with van der Waals surface area (Å²) in [6.07, 6.45) is -4.51. The second kappa shape index (κ2) is 7.44. The van der Waals surface area contributed by atoms with Gasteiger partial charge in [0.15, 0.2) is 6.61 Å². The Bertz CT molecular complexity index is 717. The molecule has 0 fully saturated rings. The van der Waals surface area contributed by atoms with Crippen LogP contribution in [-0.4, -0.2) is 25.8 Å². The van der Waals surface area contributed by atoms with Gasteiger partial charge in [-0.3, -0.25) is 4.79 Å². The number of carbonyl (C=O) groups is 1. The largest absolute Gasteiger partial charge is 0.497 e. The van der Waals surface area contributed by atoms with Crippen LogP contribution >= 0.6 is 11.6 Å². The molecule has 128 valence electrons. The molecule has 1 N–H and O–H groups in total. The molecule has 0 heterocycles. The third kappa shape index (κ3) is 5.06. The van der Waals surface area contributed by atoms with E-state index in [-0.39, 0.29) is 11.3 Å². The highest BCUT2D eigenvalue weighted by Gasteiger charge is 2.29. The number of methoxy groups -OCH3 is 1. The van der Waals surface area contributed by atoms with E-state index in [2.05, 4.69) is 5.32 Å². The van der Waals surface area contributed by atoms with Crippen molar-refractivity contribution in [1.29, 1.82) is 0 Å². The van der Waals surface area contributed by atoms with Crippen LogP contribution in [0.3, 0.4) is 0 Å². The van der Waals surface area contributed by atoms with Crippen molar-refractivity contribution in [2.75, 3.05) is 19.0 Å². The first-order valence-electron chi connectivity index (χ1n) is 6.73. The molecular formula is C16H13ClF3NO3. The molecule has 0 saturated heterocycles. The van der Waals surface area contributed by atoms with Crippen molar-refractivity contribution >= 4 is 23.2 Å². The topological polar surface area (TPSA) is 47.6 Å². The highest BCUT2D eigenvalue weighted by molar-refractivity contribution is 6.30. The number of carbonyl (C=O) groups excluding carboxylic acids is 1. The second-order valence-electron chi connectivity index (χ2n) is 4.73. The predicted octanol–water partition coefficient (Wildman–Crippen LogP) is 4.54. The molecule has 0 saturated carbocycles. The lowest BCUT2D eigenvalue weighted by molar-refractivity contribution is -0.153. The molecule has 0 radical (unpaired) electrons. The molecule has 8 heteroatoms. The van der Waals surface area contributed by atoms with E-state index in [1.807, 2.05) is 0 Å². The number of amides is 1. The Kier molecular flexibility index (Phi) is 5.56. The van der Waals surface area contributed by atoms with Gasteiger partial charge in [-0.2, -0.15) is 13.2 Å². The lowest BCUT2D eigenvalue weighted by Crippen LogP contribution is -2.21. The normalized spacial score (nSPS) is 11.0. The number of alkyl halides is 3. The van der Waals surface area contributed by atoms with E-state index in [4.69, 9.17) is 21.1 Å². The average Bonchev–Trinajstić information content (AvgIpc) is 2.54. The Morgan fingerprint density at radius 3 is 2.42 bits per heavy atom. The SMILES string of the molecule is COc1ccc(OCC(F)(F)F)c(C(=O)Nc2ccc(Cl)cc2)c1. The number of halogens is 4. The van der Waals surface area contributed by atoms with Gasteiger partial charge in [0.2, 0.25) is 0 Å². The zero-order chi connectivity index (χ0) is 17.7. The van der Waals surface area contributed by atoms with E-state index in [9.17, 15) is 18.0 Å². The highest BCUT2D eigenvalue weighted by atomic mass is 35.5. The van der Waals surface area contributed by atoms with Crippen LogP contribution in [0.15, 0.2) is 42.5 Å². The molecule has 0 aliphatic carbocycles. The van der Waals surface area contributed by atoms with Gasteiger partial charge in [0, 0.05) is 10.7 Å². The van der Waals surface area contributed by atoms with Gasteiger partial charge in [0.25, 0.3) is 5.91 Å². The maximum Gasteiger partial charge on any atom is 0.422 e. The van der Waals surface area contributed by atoms with Crippen molar-refractivity contribution in [1.82, 2.24) is 0 Å². The number of ether oxygens (including phenoxy) is 2. The smallest absolute Gasteiger partial charge is 0.422 e. The Labute approximate surface area is 141 Å². The Hall–Kier alpha value is -2.41. The van der Waals surface area contributed by atoms with Gasteiger partial charge in [0.05, 0.1) is 12.7 Å². The molecule has 0 atom stereocenters. The van der Waals surface area contributed by atoms with Crippen molar-refractivity contribution in [3.63, 3.8) is 0 Å². The van der Waals surface area contributed by atoms with Crippen molar-refractivity contribution < 1.29 is 27.4 Å². The van der Waals surface area contributed by atoms with Crippen LogP contribution in [0.25, 0.3) is 0 Å². The zero-order valence-electron chi connectivity index (χ0n) is 12.5. The van der Waals surface area contributed by atoms with Gasteiger partial charge in [-0.15, -0.1) is 0 Å². The van der Waals surface area contributed by atoms with Gasteiger partial charge >= 0.3 is 6.18 Å². The molecule has 4 nitrogen and oxygen atoms in total. The number of hydrogen-bond donors (Lipinski definition) is 1. The quantitative estimate of drug-likeness (QED) is 0.852. The molecule has 1 amide bonds. The monoisotopic (exact) mass is 359 g/mol. The van der Waals surface area contributed by atoms with Gasteiger partial charge in [-0.1, -0.05) is 11.6 Å². The number of hydrogen-bond acceptors (Lipinski definition) is 3. The van der Waals surface area contributed by atoms with Crippen molar-refractivity contribution in [3.8, 4) is 11.5 Å². The number of anilines is 1. The second-order valence-corrected chi connectivity index (χ2v) is 5.16. The first-order chi connectivity index (χ1) is 11.3. The summed E-state index contributed by atoms with van der Waals surface area (Å²) >= 11 is 5.76. The van der Waals surface area contributed by atoms with E-state index >= 15 is 0 Å². The standard InChI is InChI=1S/C16H13ClF3NO3/c1-23-12-6-7-14(24-9-16(18,19)20)13(8-12)15(22)21-11-4-2-10(17)3-5-11/h2-8H,9H2,1H3,(H,21,22). The predicted molar refractivity (Wildman–Crippen MR) is 83.9 cm³/mol. The minimum atomic E-state index is -4.51. The molecule has 0 aliphatic heterocycles. The summed E-state index contributed by atoms with van der Waals surface area (Å²) in [5.41, 5.74) is 0.363. The fraction of sp³-hybridized carbons (Fsp3) is 0.188. The zero-order valence-corrected chi connectivity index (χ0v) is 13.2. The highest BCUT2D eigenvalue weighted by Crippen LogP contribution is 2.27. The molecule has 0 aromatic heterocycles. The molecule has 2 aromatic carbocycles. The minimum Gasteiger partial charge on any atom is -0.497 e. The third-order valence-electron chi connectivity index (χ3n) is 2.92. The van der Waals surface area contributed by atoms with Gasteiger partial charge < -0.3 is 14.8 Å². The molecule has 2 aromatic rings. The van der Waals surface area contributed by atoms with Crippen LogP contribution in [0.5, 0.6) is 11.5 Å². The maximum atomic E-state index is 12.4. The molecule has 0 unspecified atom stereocenters. The molecule has 24 heavy (non-hydrogen) atoms. The summed E-state index contributed by atoms with van der Waals surface area (Å²) in [5, 5.41) is 3.05. The summed E-state index contributed by atoms with van der Waals surface area (Å²) in [5.74, 6) is -0.511.